The fraction of sp³-hybridized carbons (Fsp3) is 0.111. The Labute approximate surface area is 134 Å². The number of rotatable bonds is 4. The minimum Gasteiger partial charge on any atom is -0.338 e. The topological polar surface area (TPSA) is 67.8 Å². The molecular formula is C18H16N4O. The van der Waals surface area contributed by atoms with E-state index in [4.69, 9.17) is 0 Å². The summed E-state index contributed by atoms with van der Waals surface area (Å²) < 4.78 is 0. The lowest BCUT2D eigenvalue weighted by Crippen LogP contribution is -2.30. The van der Waals surface area contributed by atoms with Gasteiger partial charge in [-0.05, 0) is 30.7 Å². The third-order valence-corrected chi connectivity index (χ3v) is 3.40. The lowest BCUT2D eigenvalue weighted by atomic mass is 10.0. The number of carbonyl (C=O) groups is 1. The summed E-state index contributed by atoms with van der Waals surface area (Å²) in [6.45, 7) is 1.75. The zero-order valence-electron chi connectivity index (χ0n) is 12.7. The van der Waals surface area contributed by atoms with E-state index in [1.807, 2.05) is 48.5 Å². The minimum atomic E-state index is -0.333. The van der Waals surface area contributed by atoms with Crippen molar-refractivity contribution >= 4 is 5.91 Å². The molecule has 0 saturated carbocycles. The molecule has 0 aliphatic rings. The van der Waals surface area contributed by atoms with Crippen molar-refractivity contribution < 1.29 is 4.79 Å². The number of aromatic nitrogens is 3. The van der Waals surface area contributed by atoms with Gasteiger partial charge < -0.3 is 5.32 Å². The zero-order valence-corrected chi connectivity index (χ0v) is 12.7. The van der Waals surface area contributed by atoms with E-state index in [0.29, 0.717) is 11.5 Å². The molecule has 0 radical (unpaired) electrons. The smallest absolute Gasteiger partial charge is 0.270 e. The van der Waals surface area contributed by atoms with Crippen LogP contribution in [0.25, 0.3) is 0 Å². The van der Waals surface area contributed by atoms with Crippen LogP contribution in [0.4, 0.5) is 0 Å². The molecule has 0 saturated heterocycles. The summed E-state index contributed by atoms with van der Waals surface area (Å²) in [7, 11) is 0. The minimum absolute atomic E-state index is 0.255. The van der Waals surface area contributed by atoms with Crippen molar-refractivity contribution in [3.05, 3.63) is 89.8 Å². The van der Waals surface area contributed by atoms with Gasteiger partial charge in [-0.15, -0.1) is 0 Å². The molecule has 0 aliphatic heterocycles. The summed E-state index contributed by atoms with van der Waals surface area (Å²) in [5, 5.41) is 3.00. The molecule has 23 heavy (non-hydrogen) atoms. The van der Waals surface area contributed by atoms with Gasteiger partial charge in [-0.25, -0.2) is 9.97 Å². The van der Waals surface area contributed by atoms with Crippen LogP contribution < -0.4 is 5.32 Å². The summed E-state index contributed by atoms with van der Waals surface area (Å²) in [6.07, 6.45) is 3.29. The third-order valence-electron chi connectivity index (χ3n) is 3.40. The molecule has 0 aliphatic carbocycles. The number of carbonyl (C=O) groups excluding carboxylic acids is 1. The van der Waals surface area contributed by atoms with Crippen LogP contribution >= 0.6 is 0 Å². The maximum atomic E-state index is 12.5. The molecule has 0 unspecified atom stereocenters. The lowest BCUT2D eigenvalue weighted by Gasteiger charge is -2.18. The Balaban J connectivity index is 1.92. The molecule has 3 rings (SSSR count). The average molecular weight is 304 g/mol. The van der Waals surface area contributed by atoms with E-state index in [1.54, 1.807) is 25.4 Å². The standard InChI is InChI=1S/C18H16N4O/c1-13-19-12-10-16(21-13)18(23)22-17(14-7-3-2-4-8-14)15-9-5-6-11-20-15/h2-12,17H,1H3,(H,22,23)/t17-/m0/s1. The van der Waals surface area contributed by atoms with Gasteiger partial charge in [0.2, 0.25) is 0 Å². The van der Waals surface area contributed by atoms with Crippen LogP contribution in [0.3, 0.4) is 0 Å². The molecule has 1 atom stereocenters. The zero-order chi connectivity index (χ0) is 16.1. The highest BCUT2D eigenvalue weighted by Crippen LogP contribution is 2.20. The van der Waals surface area contributed by atoms with Crippen LogP contribution in [0.1, 0.15) is 33.6 Å². The van der Waals surface area contributed by atoms with Gasteiger partial charge in [-0.3, -0.25) is 9.78 Å². The van der Waals surface area contributed by atoms with E-state index in [9.17, 15) is 4.79 Å². The molecule has 1 N–H and O–H groups in total. The van der Waals surface area contributed by atoms with Gasteiger partial charge in [0, 0.05) is 12.4 Å². The van der Waals surface area contributed by atoms with E-state index in [1.165, 1.54) is 0 Å². The molecule has 114 valence electrons. The highest BCUT2D eigenvalue weighted by atomic mass is 16.1. The number of hydrogen-bond acceptors (Lipinski definition) is 4. The van der Waals surface area contributed by atoms with Crippen molar-refractivity contribution in [3.8, 4) is 0 Å². The van der Waals surface area contributed by atoms with Gasteiger partial charge >= 0.3 is 0 Å². The van der Waals surface area contributed by atoms with Crippen LogP contribution in [-0.2, 0) is 0 Å². The fourth-order valence-electron chi connectivity index (χ4n) is 2.31. The second-order valence-electron chi connectivity index (χ2n) is 5.06. The quantitative estimate of drug-likeness (QED) is 0.804. The van der Waals surface area contributed by atoms with Gasteiger partial charge in [0.1, 0.15) is 11.5 Å². The monoisotopic (exact) mass is 304 g/mol. The highest BCUT2D eigenvalue weighted by molar-refractivity contribution is 5.92. The van der Waals surface area contributed by atoms with Crippen LogP contribution in [0.2, 0.25) is 0 Å². The van der Waals surface area contributed by atoms with E-state index in [0.717, 1.165) is 11.3 Å². The molecule has 2 heterocycles. The van der Waals surface area contributed by atoms with Crippen molar-refractivity contribution in [1.29, 1.82) is 0 Å². The van der Waals surface area contributed by atoms with Crippen molar-refractivity contribution in [1.82, 2.24) is 20.3 Å². The fourth-order valence-corrected chi connectivity index (χ4v) is 2.31. The van der Waals surface area contributed by atoms with Gasteiger partial charge in [-0.1, -0.05) is 36.4 Å². The van der Waals surface area contributed by atoms with E-state index in [-0.39, 0.29) is 11.9 Å². The normalized spacial score (nSPS) is 11.7. The Morgan fingerprint density at radius 3 is 2.43 bits per heavy atom. The summed E-state index contributed by atoms with van der Waals surface area (Å²) in [6, 6.07) is 16.6. The molecule has 2 aromatic heterocycles. The third kappa shape index (κ3) is 3.58. The second-order valence-corrected chi connectivity index (χ2v) is 5.06. The van der Waals surface area contributed by atoms with Crippen LogP contribution in [0.5, 0.6) is 0 Å². The largest absolute Gasteiger partial charge is 0.338 e. The first-order valence-corrected chi connectivity index (χ1v) is 7.30. The van der Waals surface area contributed by atoms with Gasteiger partial charge in [0.05, 0.1) is 11.7 Å². The average Bonchev–Trinajstić information content (AvgIpc) is 2.61. The number of hydrogen-bond donors (Lipinski definition) is 1. The van der Waals surface area contributed by atoms with E-state index < -0.39 is 0 Å². The van der Waals surface area contributed by atoms with Crippen molar-refractivity contribution in [2.75, 3.05) is 0 Å². The number of amides is 1. The molecule has 0 bridgehead atoms. The van der Waals surface area contributed by atoms with Crippen LogP contribution in [-0.4, -0.2) is 20.9 Å². The molecular weight excluding hydrogens is 288 g/mol. The van der Waals surface area contributed by atoms with Gasteiger partial charge in [-0.2, -0.15) is 0 Å². The molecule has 1 amide bonds. The molecule has 1 aromatic carbocycles. The van der Waals surface area contributed by atoms with Crippen LogP contribution in [0.15, 0.2) is 67.0 Å². The molecule has 5 heteroatoms. The number of nitrogens with zero attached hydrogens (tertiary/aromatic N) is 3. The predicted octanol–water partition coefficient (Wildman–Crippen LogP) is 2.70. The summed E-state index contributed by atoms with van der Waals surface area (Å²) in [5.74, 6) is 0.307. The Morgan fingerprint density at radius 1 is 0.957 bits per heavy atom. The van der Waals surface area contributed by atoms with Crippen molar-refractivity contribution in [2.24, 2.45) is 0 Å². The number of pyridine rings is 1. The summed E-state index contributed by atoms with van der Waals surface area (Å²) in [4.78, 5) is 25.1. The van der Waals surface area contributed by atoms with E-state index in [2.05, 4.69) is 20.3 Å². The maximum absolute atomic E-state index is 12.5. The Bertz CT molecular complexity index is 751. The Hall–Kier alpha value is -3.08. The maximum Gasteiger partial charge on any atom is 0.270 e. The van der Waals surface area contributed by atoms with Crippen molar-refractivity contribution in [2.45, 2.75) is 13.0 Å². The first kappa shape index (κ1) is 14.8. The number of benzene rings is 1. The highest BCUT2D eigenvalue weighted by Gasteiger charge is 2.19. The van der Waals surface area contributed by atoms with E-state index >= 15 is 0 Å². The summed E-state index contributed by atoms with van der Waals surface area (Å²) >= 11 is 0. The van der Waals surface area contributed by atoms with Crippen LogP contribution in [0, 0.1) is 6.92 Å². The molecule has 0 spiro atoms. The number of aryl methyl sites for hydroxylation is 1. The SMILES string of the molecule is Cc1nccc(C(=O)N[C@@H](c2ccccc2)c2ccccn2)n1. The summed E-state index contributed by atoms with van der Waals surface area (Å²) in [5.41, 5.74) is 2.08. The molecule has 3 aromatic rings. The molecule has 0 fully saturated rings. The predicted molar refractivity (Wildman–Crippen MR) is 86.8 cm³/mol. The second kappa shape index (κ2) is 6.79. The van der Waals surface area contributed by atoms with Crippen molar-refractivity contribution in [3.63, 3.8) is 0 Å². The Kier molecular flexibility index (Phi) is 4.38. The van der Waals surface area contributed by atoms with Gasteiger partial charge in [0.15, 0.2) is 0 Å². The molecule has 5 nitrogen and oxygen atoms in total. The number of nitrogens with one attached hydrogen (secondary N) is 1. The lowest BCUT2D eigenvalue weighted by molar-refractivity contribution is 0.0937. The van der Waals surface area contributed by atoms with Gasteiger partial charge in [0.25, 0.3) is 5.91 Å². The Morgan fingerprint density at radius 2 is 1.74 bits per heavy atom. The first-order chi connectivity index (χ1) is 11.2. The first-order valence-electron chi connectivity index (χ1n) is 7.30.